The van der Waals surface area contributed by atoms with Gasteiger partial charge >= 0.3 is 18.3 Å². The Labute approximate surface area is 145 Å². The van der Waals surface area contributed by atoms with Crippen molar-refractivity contribution in [2.75, 3.05) is 20.3 Å². The number of carbonyl (C=O) groups is 1. The molecule has 1 unspecified atom stereocenters. The fourth-order valence-electron chi connectivity index (χ4n) is 2.03. The van der Waals surface area contributed by atoms with Gasteiger partial charge in [-0.3, -0.25) is 4.79 Å². The van der Waals surface area contributed by atoms with Crippen molar-refractivity contribution in [2.24, 2.45) is 0 Å². The van der Waals surface area contributed by atoms with Crippen LogP contribution >= 0.6 is 0 Å². The topological polar surface area (TPSA) is 59.3 Å². The number of ether oxygens (including phenoxy) is 2. The number of hydrogen-bond acceptors (Lipinski definition) is 4. The number of carbonyl (C=O) groups excluding carboxylic acids is 1. The van der Waals surface area contributed by atoms with E-state index in [4.69, 9.17) is 14.7 Å². The quantitative estimate of drug-likeness (QED) is 0.400. The molecule has 0 amide bonds. The minimum absolute atomic E-state index is 0.0405. The van der Waals surface area contributed by atoms with Crippen molar-refractivity contribution in [1.82, 2.24) is 0 Å². The van der Waals surface area contributed by atoms with Crippen molar-refractivity contribution >= 4 is 5.97 Å². The van der Waals surface area contributed by atoms with E-state index in [9.17, 15) is 31.1 Å². The molecule has 0 N–H and O–H groups in total. The van der Waals surface area contributed by atoms with Gasteiger partial charge in [-0.1, -0.05) is 0 Å². The summed E-state index contributed by atoms with van der Waals surface area (Å²) in [7, 11) is 1.43. The van der Waals surface area contributed by atoms with Crippen LogP contribution in [-0.4, -0.2) is 26.3 Å². The summed E-state index contributed by atoms with van der Waals surface area (Å²) in [5.74, 6) is -2.41. The van der Waals surface area contributed by atoms with Gasteiger partial charge in [0.15, 0.2) is 0 Å². The SMILES string of the molecule is COCCCOC(=O)CC(C#N)c1cc(C(F)(F)F)cc(C(F)(F)F)c1. The Morgan fingerprint density at radius 3 is 2.04 bits per heavy atom. The smallest absolute Gasteiger partial charge is 0.416 e. The first kappa shape index (κ1) is 21.8. The molecule has 1 rings (SSSR count). The molecule has 0 bridgehead atoms. The zero-order valence-electron chi connectivity index (χ0n) is 13.6. The summed E-state index contributed by atoms with van der Waals surface area (Å²) in [4.78, 5) is 11.7. The van der Waals surface area contributed by atoms with Gasteiger partial charge in [0, 0.05) is 20.1 Å². The molecule has 0 radical (unpaired) electrons. The van der Waals surface area contributed by atoms with Gasteiger partial charge < -0.3 is 9.47 Å². The first-order chi connectivity index (χ1) is 12.0. The Morgan fingerprint density at radius 1 is 1.08 bits per heavy atom. The third-order valence-corrected chi connectivity index (χ3v) is 3.29. The van der Waals surface area contributed by atoms with Crippen molar-refractivity contribution in [1.29, 1.82) is 5.26 Å². The van der Waals surface area contributed by atoms with Crippen LogP contribution in [0.25, 0.3) is 0 Å². The number of hydrogen-bond donors (Lipinski definition) is 0. The number of esters is 1. The van der Waals surface area contributed by atoms with Gasteiger partial charge in [-0.05, 0) is 23.8 Å². The molecule has 0 aliphatic carbocycles. The second kappa shape index (κ2) is 8.89. The van der Waals surface area contributed by atoms with Gasteiger partial charge in [-0.2, -0.15) is 31.6 Å². The summed E-state index contributed by atoms with van der Waals surface area (Å²) in [5.41, 5.74) is -3.64. The molecular formula is C16H15F6NO3. The lowest BCUT2D eigenvalue weighted by molar-refractivity contribution is -0.144. The van der Waals surface area contributed by atoms with Crippen LogP contribution in [-0.2, 0) is 26.6 Å². The average molecular weight is 383 g/mol. The van der Waals surface area contributed by atoms with E-state index in [1.807, 2.05) is 0 Å². The second-order valence-corrected chi connectivity index (χ2v) is 5.29. The van der Waals surface area contributed by atoms with E-state index in [2.05, 4.69) is 0 Å². The van der Waals surface area contributed by atoms with Crippen molar-refractivity contribution in [3.63, 3.8) is 0 Å². The van der Waals surface area contributed by atoms with E-state index in [1.165, 1.54) is 7.11 Å². The Hall–Kier alpha value is -2.28. The number of alkyl halides is 6. The van der Waals surface area contributed by atoms with E-state index in [0.717, 1.165) is 0 Å². The van der Waals surface area contributed by atoms with Crippen LogP contribution in [0.1, 0.15) is 35.4 Å². The average Bonchev–Trinajstić information content (AvgIpc) is 2.54. The Balaban J connectivity index is 3.06. The molecule has 0 aromatic heterocycles. The molecule has 0 aliphatic heterocycles. The molecule has 0 saturated carbocycles. The predicted molar refractivity (Wildman–Crippen MR) is 76.9 cm³/mol. The minimum Gasteiger partial charge on any atom is -0.466 e. The number of rotatable bonds is 7. The van der Waals surface area contributed by atoms with Gasteiger partial charge in [0.25, 0.3) is 0 Å². The Morgan fingerprint density at radius 2 is 1.62 bits per heavy atom. The highest BCUT2D eigenvalue weighted by atomic mass is 19.4. The maximum absolute atomic E-state index is 12.9. The molecule has 1 aromatic carbocycles. The van der Waals surface area contributed by atoms with Crippen molar-refractivity contribution < 1.29 is 40.6 Å². The summed E-state index contributed by atoms with van der Waals surface area (Å²) < 4.78 is 86.6. The molecule has 0 fully saturated rings. The molecule has 0 heterocycles. The fourth-order valence-corrected chi connectivity index (χ4v) is 2.03. The fraction of sp³-hybridized carbons (Fsp3) is 0.500. The minimum atomic E-state index is -5.03. The monoisotopic (exact) mass is 383 g/mol. The molecule has 0 aliphatic rings. The molecular weight excluding hydrogens is 368 g/mol. The zero-order chi connectivity index (χ0) is 20.0. The molecule has 10 heteroatoms. The molecule has 144 valence electrons. The first-order valence-corrected chi connectivity index (χ1v) is 7.32. The van der Waals surface area contributed by atoms with Gasteiger partial charge in [-0.25, -0.2) is 0 Å². The van der Waals surface area contributed by atoms with Crippen molar-refractivity contribution in [3.8, 4) is 6.07 Å². The van der Waals surface area contributed by atoms with Gasteiger partial charge in [0.1, 0.15) is 0 Å². The maximum Gasteiger partial charge on any atom is 0.416 e. The van der Waals surface area contributed by atoms with Crippen LogP contribution in [0.5, 0.6) is 0 Å². The van der Waals surface area contributed by atoms with Gasteiger partial charge in [-0.15, -0.1) is 0 Å². The highest BCUT2D eigenvalue weighted by Crippen LogP contribution is 2.38. The standard InChI is InChI=1S/C16H15F6NO3/c1-25-3-2-4-26-14(24)7-11(9-23)10-5-12(15(17,18)19)8-13(6-10)16(20,21)22/h5-6,8,11H,2-4,7H2,1H3. The number of benzene rings is 1. The summed E-state index contributed by atoms with van der Waals surface area (Å²) >= 11 is 0. The van der Waals surface area contributed by atoms with E-state index >= 15 is 0 Å². The zero-order valence-corrected chi connectivity index (χ0v) is 13.6. The lowest BCUT2D eigenvalue weighted by atomic mass is 9.93. The van der Waals surface area contributed by atoms with Crippen molar-refractivity contribution in [3.05, 3.63) is 34.9 Å². The Bertz CT molecular complexity index is 631. The van der Waals surface area contributed by atoms with Crippen LogP contribution in [0.2, 0.25) is 0 Å². The third-order valence-electron chi connectivity index (χ3n) is 3.29. The number of halogens is 6. The number of methoxy groups -OCH3 is 1. The molecule has 0 saturated heterocycles. The van der Waals surface area contributed by atoms with Crippen LogP contribution < -0.4 is 0 Å². The maximum atomic E-state index is 12.9. The largest absolute Gasteiger partial charge is 0.466 e. The van der Waals surface area contributed by atoms with E-state index in [0.29, 0.717) is 25.2 Å². The molecule has 1 aromatic rings. The van der Waals surface area contributed by atoms with E-state index in [1.54, 1.807) is 6.07 Å². The van der Waals surface area contributed by atoms with Gasteiger partial charge in [0.05, 0.1) is 36.1 Å². The van der Waals surface area contributed by atoms with E-state index in [-0.39, 0.29) is 12.7 Å². The number of nitriles is 1. The summed E-state index contributed by atoms with van der Waals surface area (Å²) in [6.07, 6.45) is -10.4. The highest BCUT2D eigenvalue weighted by molar-refractivity contribution is 5.71. The van der Waals surface area contributed by atoms with Crippen LogP contribution in [0.4, 0.5) is 26.3 Å². The molecule has 1 atom stereocenters. The summed E-state index contributed by atoms with van der Waals surface area (Å²) in [6, 6.07) is 2.37. The lowest BCUT2D eigenvalue weighted by Crippen LogP contribution is -2.15. The first-order valence-electron chi connectivity index (χ1n) is 7.32. The predicted octanol–water partition coefficient (Wildman–Crippen LogP) is 4.30. The van der Waals surface area contributed by atoms with Crippen LogP contribution in [0.3, 0.4) is 0 Å². The summed E-state index contributed by atoms with van der Waals surface area (Å²) in [6.45, 7) is 0.263. The van der Waals surface area contributed by atoms with Crippen LogP contribution in [0.15, 0.2) is 18.2 Å². The van der Waals surface area contributed by atoms with Crippen LogP contribution in [0, 0.1) is 11.3 Å². The van der Waals surface area contributed by atoms with Gasteiger partial charge in [0.2, 0.25) is 0 Å². The Kier molecular flexibility index (Phi) is 7.44. The summed E-state index contributed by atoms with van der Waals surface area (Å²) in [5, 5.41) is 9.09. The van der Waals surface area contributed by atoms with E-state index < -0.39 is 47.4 Å². The highest BCUT2D eigenvalue weighted by Gasteiger charge is 2.37. The molecule has 0 spiro atoms. The molecule has 26 heavy (non-hydrogen) atoms. The third kappa shape index (κ3) is 6.55. The second-order valence-electron chi connectivity index (χ2n) is 5.29. The number of nitrogens with zero attached hydrogens (tertiary/aromatic N) is 1. The lowest BCUT2D eigenvalue weighted by Gasteiger charge is -2.16. The molecule has 4 nitrogen and oxygen atoms in total. The normalized spacial score (nSPS) is 13.2. The van der Waals surface area contributed by atoms with Crippen molar-refractivity contribution in [2.45, 2.75) is 31.1 Å².